The number of rotatable bonds is 8. The summed E-state index contributed by atoms with van der Waals surface area (Å²) in [5, 5.41) is 0. The van der Waals surface area contributed by atoms with Crippen molar-refractivity contribution >= 4 is 17.1 Å². The molecular weight excluding hydrogens is 891 g/mol. The Morgan fingerprint density at radius 1 is 0.257 bits per heavy atom. The van der Waals surface area contributed by atoms with Crippen molar-refractivity contribution in [2.75, 3.05) is 4.90 Å². The molecule has 1 nitrogen and oxygen atoms in total. The predicted molar refractivity (Wildman–Crippen MR) is 310 cm³/mol. The van der Waals surface area contributed by atoms with Gasteiger partial charge < -0.3 is 4.90 Å². The highest BCUT2D eigenvalue weighted by molar-refractivity contribution is 6.00. The van der Waals surface area contributed by atoms with Gasteiger partial charge in [-0.15, -0.1) is 0 Å². The lowest BCUT2D eigenvalue weighted by molar-refractivity contribution is 0.660. The molecular formula is C73H55N. The summed E-state index contributed by atoms with van der Waals surface area (Å²) in [5.41, 5.74) is 28.3. The summed E-state index contributed by atoms with van der Waals surface area (Å²) >= 11 is 0. The van der Waals surface area contributed by atoms with E-state index in [0.29, 0.717) is 0 Å². The second-order valence-electron chi connectivity index (χ2n) is 21.5. The molecule has 0 unspecified atom stereocenters. The molecule has 11 aromatic carbocycles. The van der Waals surface area contributed by atoms with Gasteiger partial charge in [-0.1, -0.05) is 252 Å². The van der Waals surface area contributed by atoms with Crippen LogP contribution in [0.3, 0.4) is 0 Å². The first kappa shape index (κ1) is 44.0. The zero-order chi connectivity index (χ0) is 49.8. The molecule has 1 heteroatoms. The third-order valence-corrected chi connectivity index (χ3v) is 17.0. The lowest BCUT2D eigenvalue weighted by Crippen LogP contribution is -2.28. The Balaban J connectivity index is 0.973. The number of para-hydroxylation sites is 2. The topological polar surface area (TPSA) is 3.24 Å². The first-order valence-electron chi connectivity index (χ1n) is 26.2. The van der Waals surface area contributed by atoms with Gasteiger partial charge in [0.2, 0.25) is 0 Å². The van der Waals surface area contributed by atoms with Gasteiger partial charge in [0, 0.05) is 27.6 Å². The maximum atomic E-state index is 2.52. The van der Waals surface area contributed by atoms with Crippen LogP contribution in [0.5, 0.6) is 0 Å². The molecule has 0 radical (unpaired) electrons. The molecule has 0 saturated carbocycles. The van der Waals surface area contributed by atoms with Crippen LogP contribution in [0, 0.1) is 0 Å². The van der Waals surface area contributed by atoms with E-state index in [9.17, 15) is 0 Å². The Kier molecular flexibility index (Phi) is 9.88. The summed E-state index contributed by atoms with van der Waals surface area (Å²) in [6, 6.07) is 97.8. The Bertz CT molecular complexity index is 3970. The Hall–Kier alpha value is -8.78. The van der Waals surface area contributed by atoms with Crippen LogP contribution in [0.1, 0.15) is 72.2 Å². The summed E-state index contributed by atoms with van der Waals surface area (Å²) < 4.78 is 0. The molecule has 3 aliphatic rings. The van der Waals surface area contributed by atoms with Crippen molar-refractivity contribution < 1.29 is 0 Å². The summed E-state index contributed by atoms with van der Waals surface area (Å²) in [6.45, 7) is 9.47. The van der Waals surface area contributed by atoms with E-state index in [0.717, 1.165) is 22.6 Å². The van der Waals surface area contributed by atoms with Crippen molar-refractivity contribution in [3.05, 3.63) is 305 Å². The standard InChI is InChI=1S/C73H55N/c1-71(2)63-33-17-13-30-61(63)70-60(31-21-35-65(70)71)59-29-15-20-37-69(59)74(53-42-38-48(39-43-53)49-40-44-57-55-27-11-16-32-62(55)72(3,4)66(57)46-49)68-36-19-14-26-54(68)50-41-45-58-56-28-12-18-34-64(56)73(67(58)47-50,51-22-7-5-8-23-51)52-24-9-6-10-25-52/h5-47H,1-4H3. The molecule has 352 valence electrons. The van der Waals surface area contributed by atoms with Crippen LogP contribution in [0.25, 0.3) is 66.8 Å². The highest BCUT2D eigenvalue weighted by Gasteiger charge is 2.46. The van der Waals surface area contributed by atoms with Gasteiger partial charge in [0.05, 0.1) is 16.8 Å². The number of nitrogens with zero attached hydrogens (tertiary/aromatic N) is 1. The summed E-state index contributed by atoms with van der Waals surface area (Å²) in [4.78, 5) is 2.52. The van der Waals surface area contributed by atoms with Gasteiger partial charge >= 0.3 is 0 Å². The Morgan fingerprint density at radius 2 is 0.676 bits per heavy atom. The van der Waals surface area contributed by atoms with Crippen molar-refractivity contribution in [3.8, 4) is 66.8 Å². The average molecular weight is 946 g/mol. The van der Waals surface area contributed by atoms with Gasteiger partial charge in [-0.05, 0) is 137 Å². The smallest absolute Gasteiger partial charge is 0.0713 e. The van der Waals surface area contributed by atoms with Gasteiger partial charge in [-0.2, -0.15) is 0 Å². The number of hydrogen-bond acceptors (Lipinski definition) is 1. The molecule has 74 heavy (non-hydrogen) atoms. The molecule has 0 aromatic heterocycles. The molecule has 0 heterocycles. The molecule has 0 amide bonds. The molecule has 3 aliphatic carbocycles. The van der Waals surface area contributed by atoms with Crippen molar-refractivity contribution in [1.29, 1.82) is 0 Å². The lowest BCUT2D eigenvalue weighted by atomic mass is 9.67. The number of hydrogen-bond donors (Lipinski definition) is 0. The van der Waals surface area contributed by atoms with Crippen LogP contribution in [0.2, 0.25) is 0 Å². The molecule has 0 N–H and O–H groups in total. The van der Waals surface area contributed by atoms with Gasteiger partial charge in [0.15, 0.2) is 0 Å². The number of benzene rings is 11. The van der Waals surface area contributed by atoms with Gasteiger partial charge in [0.1, 0.15) is 0 Å². The maximum Gasteiger partial charge on any atom is 0.0713 e. The number of anilines is 3. The minimum absolute atomic E-state index is 0.0817. The second kappa shape index (κ2) is 16.6. The van der Waals surface area contributed by atoms with E-state index < -0.39 is 5.41 Å². The zero-order valence-electron chi connectivity index (χ0n) is 42.3. The van der Waals surface area contributed by atoms with Crippen LogP contribution in [0.4, 0.5) is 17.1 Å². The van der Waals surface area contributed by atoms with E-state index in [2.05, 4.69) is 293 Å². The van der Waals surface area contributed by atoms with Crippen LogP contribution < -0.4 is 4.90 Å². The Morgan fingerprint density at radius 3 is 1.34 bits per heavy atom. The van der Waals surface area contributed by atoms with Gasteiger partial charge in [-0.3, -0.25) is 0 Å². The van der Waals surface area contributed by atoms with E-state index in [1.165, 1.54) is 106 Å². The first-order chi connectivity index (χ1) is 36.2. The SMILES string of the molecule is CC1(C)c2ccccc2-c2ccc(-c3ccc(N(c4ccccc4-c4ccc5c(c4)C(c4ccccc4)(c4ccccc4)c4ccccc4-5)c4ccccc4-c4cccc5c4-c4ccccc4C5(C)C)cc3)cc21. The summed E-state index contributed by atoms with van der Waals surface area (Å²) in [6.07, 6.45) is 0. The maximum absolute atomic E-state index is 2.52. The van der Waals surface area contributed by atoms with Crippen LogP contribution in [-0.2, 0) is 16.2 Å². The molecule has 0 spiro atoms. The van der Waals surface area contributed by atoms with Crippen LogP contribution in [0.15, 0.2) is 261 Å². The van der Waals surface area contributed by atoms with E-state index in [4.69, 9.17) is 0 Å². The summed E-state index contributed by atoms with van der Waals surface area (Å²) in [7, 11) is 0. The lowest BCUT2D eigenvalue weighted by Gasteiger charge is -2.34. The minimum Gasteiger partial charge on any atom is -0.309 e. The van der Waals surface area contributed by atoms with E-state index in [1.807, 2.05) is 0 Å². The molecule has 11 aromatic rings. The first-order valence-corrected chi connectivity index (χ1v) is 26.2. The van der Waals surface area contributed by atoms with Crippen molar-refractivity contribution in [2.45, 2.75) is 43.9 Å². The third kappa shape index (κ3) is 6.36. The fourth-order valence-corrected chi connectivity index (χ4v) is 13.5. The van der Waals surface area contributed by atoms with E-state index >= 15 is 0 Å². The molecule has 0 aliphatic heterocycles. The highest BCUT2D eigenvalue weighted by atomic mass is 15.1. The molecule has 0 saturated heterocycles. The van der Waals surface area contributed by atoms with Gasteiger partial charge in [-0.25, -0.2) is 0 Å². The van der Waals surface area contributed by atoms with Crippen molar-refractivity contribution in [1.82, 2.24) is 0 Å². The third-order valence-electron chi connectivity index (χ3n) is 17.0. The normalized spacial score (nSPS) is 14.5. The zero-order valence-corrected chi connectivity index (χ0v) is 42.3. The second-order valence-corrected chi connectivity index (χ2v) is 21.5. The van der Waals surface area contributed by atoms with Crippen molar-refractivity contribution in [3.63, 3.8) is 0 Å². The van der Waals surface area contributed by atoms with Gasteiger partial charge in [0.25, 0.3) is 0 Å². The molecule has 0 fully saturated rings. The van der Waals surface area contributed by atoms with Crippen LogP contribution in [-0.4, -0.2) is 0 Å². The largest absolute Gasteiger partial charge is 0.309 e. The highest BCUT2D eigenvalue weighted by Crippen LogP contribution is 2.58. The average Bonchev–Trinajstić information content (AvgIpc) is 4.09. The molecule has 0 bridgehead atoms. The fraction of sp³-hybridized carbons (Fsp3) is 0.0959. The minimum atomic E-state index is -0.519. The quantitative estimate of drug-likeness (QED) is 0.147. The summed E-state index contributed by atoms with van der Waals surface area (Å²) in [5.74, 6) is 0. The van der Waals surface area contributed by atoms with E-state index in [1.54, 1.807) is 0 Å². The molecule has 0 atom stereocenters. The van der Waals surface area contributed by atoms with Crippen LogP contribution >= 0.6 is 0 Å². The number of fused-ring (bicyclic) bond motifs is 9. The van der Waals surface area contributed by atoms with Crippen molar-refractivity contribution in [2.24, 2.45) is 0 Å². The Labute approximate surface area is 435 Å². The predicted octanol–water partition coefficient (Wildman–Crippen LogP) is 19.1. The van der Waals surface area contributed by atoms with E-state index in [-0.39, 0.29) is 10.8 Å². The monoisotopic (exact) mass is 945 g/mol. The fourth-order valence-electron chi connectivity index (χ4n) is 13.5. The molecule has 14 rings (SSSR count).